The molecule has 2 aromatic rings. The molecule has 1 aromatic carbocycles. The first-order valence-corrected chi connectivity index (χ1v) is 9.37. The highest BCUT2D eigenvalue weighted by molar-refractivity contribution is 6.33. The van der Waals surface area contributed by atoms with Crippen LogP contribution in [0.5, 0.6) is 5.75 Å². The van der Waals surface area contributed by atoms with Gasteiger partial charge in [0.15, 0.2) is 5.82 Å². The summed E-state index contributed by atoms with van der Waals surface area (Å²) in [6, 6.07) is 2.71. The molecule has 0 fully saturated rings. The van der Waals surface area contributed by atoms with Crippen molar-refractivity contribution in [2.24, 2.45) is 5.10 Å². The molecule has 9 heteroatoms. The van der Waals surface area contributed by atoms with E-state index in [0.29, 0.717) is 11.8 Å². The van der Waals surface area contributed by atoms with E-state index in [1.54, 1.807) is 0 Å². The summed E-state index contributed by atoms with van der Waals surface area (Å²) in [5.41, 5.74) is 5.45. The fourth-order valence-corrected chi connectivity index (χ4v) is 4.01. The SMILES string of the molecule is Oc1c(/C=N\Nc2ncc(C(F)(F)F)cc2Cl)cc2c3c1CCCN3CCC2. The number of hydrogen-bond donors (Lipinski definition) is 2. The number of nitrogens with one attached hydrogen (secondary N) is 1. The number of hydrazone groups is 1. The lowest BCUT2D eigenvalue weighted by atomic mass is 9.89. The van der Waals surface area contributed by atoms with Gasteiger partial charge >= 0.3 is 6.18 Å². The molecule has 148 valence electrons. The summed E-state index contributed by atoms with van der Waals surface area (Å²) in [6.45, 7) is 2.01. The molecule has 0 unspecified atom stereocenters. The number of aromatic hydroxyl groups is 1. The van der Waals surface area contributed by atoms with Crippen LogP contribution >= 0.6 is 11.6 Å². The quantitative estimate of drug-likeness (QED) is 0.573. The Morgan fingerprint density at radius 3 is 2.68 bits per heavy atom. The molecule has 0 radical (unpaired) electrons. The van der Waals surface area contributed by atoms with Gasteiger partial charge in [-0.15, -0.1) is 0 Å². The summed E-state index contributed by atoms with van der Waals surface area (Å²) < 4.78 is 38.0. The van der Waals surface area contributed by atoms with Crippen LogP contribution in [0.1, 0.15) is 35.1 Å². The Morgan fingerprint density at radius 1 is 1.21 bits per heavy atom. The van der Waals surface area contributed by atoms with Crippen LogP contribution in [0.15, 0.2) is 23.4 Å². The minimum Gasteiger partial charge on any atom is -0.507 e. The minimum atomic E-state index is -4.51. The lowest BCUT2D eigenvalue weighted by Crippen LogP contribution is -2.34. The molecule has 2 N–H and O–H groups in total. The summed E-state index contributed by atoms with van der Waals surface area (Å²) >= 11 is 5.86. The van der Waals surface area contributed by atoms with E-state index in [0.717, 1.165) is 56.1 Å². The van der Waals surface area contributed by atoms with Gasteiger partial charge in [0, 0.05) is 36.1 Å². The molecule has 0 aliphatic carbocycles. The first-order valence-electron chi connectivity index (χ1n) is 8.99. The number of phenols is 1. The summed E-state index contributed by atoms with van der Waals surface area (Å²) in [5.74, 6) is 0.207. The van der Waals surface area contributed by atoms with E-state index in [2.05, 4.69) is 20.4 Å². The van der Waals surface area contributed by atoms with Crippen LogP contribution in [-0.4, -0.2) is 29.4 Å². The van der Waals surface area contributed by atoms with Crippen molar-refractivity contribution in [3.05, 3.63) is 45.6 Å². The van der Waals surface area contributed by atoms with Crippen LogP contribution in [0, 0.1) is 0 Å². The van der Waals surface area contributed by atoms with E-state index < -0.39 is 11.7 Å². The Kier molecular flexibility index (Phi) is 4.82. The van der Waals surface area contributed by atoms with E-state index in [4.69, 9.17) is 11.6 Å². The molecule has 0 atom stereocenters. The normalized spacial score (nSPS) is 16.4. The van der Waals surface area contributed by atoms with Crippen LogP contribution in [-0.2, 0) is 19.0 Å². The van der Waals surface area contributed by atoms with E-state index in [1.807, 2.05) is 6.07 Å². The van der Waals surface area contributed by atoms with Crippen molar-refractivity contribution in [2.75, 3.05) is 23.4 Å². The average Bonchev–Trinajstić information content (AvgIpc) is 2.66. The van der Waals surface area contributed by atoms with Gasteiger partial charge in [-0.1, -0.05) is 11.6 Å². The number of pyridine rings is 1. The summed E-state index contributed by atoms with van der Waals surface area (Å²) in [6.07, 6.45) is 1.43. The van der Waals surface area contributed by atoms with E-state index in [9.17, 15) is 18.3 Å². The maximum atomic E-state index is 12.7. The van der Waals surface area contributed by atoms with Crippen molar-refractivity contribution in [3.8, 4) is 5.75 Å². The summed E-state index contributed by atoms with van der Waals surface area (Å²) in [5, 5.41) is 14.5. The van der Waals surface area contributed by atoms with Crippen LogP contribution in [0.25, 0.3) is 0 Å². The predicted octanol–water partition coefficient (Wildman–Crippen LogP) is 4.60. The first kappa shape index (κ1) is 18.9. The van der Waals surface area contributed by atoms with E-state index in [-0.39, 0.29) is 16.6 Å². The monoisotopic (exact) mass is 410 g/mol. The molecule has 5 nitrogen and oxygen atoms in total. The third-order valence-electron chi connectivity index (χ3n) is 5.07. The molecule has 0 spiro atoms. The smallest absolute Gasteiger partial charge is 0.417 e. The van der Waals surface area contributed by atoms with Crippen LogP contribution < -0.4 is 10.3 Å². The molecular weight excluding hydrogens is 393 g/mol. The molecule has 4 rings (SSSR count). The Labute approximate surface area is 164 Å². The van der Waals surface area contributed by atoms with Crippen molar-refractivity contribution in [3.63, 3.8) is 0 Å². The van der Waals surface area contributed by atoms with Crippen LogP contribution in [0.2, 0.25) is 5.02 Å². The maximum Gasteiger partial charge on any atom is 0.417 e. The standard InChI is InChI=1S/C19H18ClF3N4O/c20-15-8-13(19(21,22)23)10-24-18(15)26-25-9-12-7-11-3-1-5-27-6-2-4-14(16(11)27)17(12)28/h7-10,28H,1-6H2,(H,24,26)/b25-9-. The van der Waals surface area contributed by atoms with Gasteiger partial charge in [-0.2, -0.15) is 18.3 Å². The fourth-order valence-electron chi connectivity index (χ4n) is 3.80. The lowest BCUT2D eigenvalue weighted by molar-refractivity contribution is -0.137. The molecule has 2 aliphatic rings. The minimum absolute atomic E-state index is 0.0101. The predicted molar refractivity (Wildman–Crippen MR) is 102 cm³/mol. The average molecular weight is 411 g/mol. The molecular formula is C19H18ClF3N4O. The topological polar surface area (TPSA) is 60.8 Å². The van der Waals surface area contributed by atoms with E-state index >= 15 is 0 Å². The van der Waals surface area contributed by atoms with Gasteiger partial charge < -0.3 is 10.0 Å². The second kappa shape index (κ2) is 7.16. The number of halogens is 4. The van der Waals surface area contributed by atoms with Gasteiger partial charge in [0.05, 0.1) is 16.8 Å². The molecule has 0 bridgehead atoms. The van der Waals surface area contributed by atoms with Crippen LogP contribution in [0.4, 0.5) is 24.7 Å². The number of nitrogens with zero attached hydrogens (tertiary/aromatic N) is 3. The molecule has 1 aromatic heterocycles. The van der Waals surface area contributed by atoms with Gasteiger partial charge in [0.25, 0.3) is 0 Å². The number of anilines is 2. The van der Waals surface area contributed by atoms with Crippen molar-refractivity contribution < 1.29 is 18.3 Å². The lowest BCUT2D eigenvalue weighted by Gasteiger charge is -2.37. The number of phenolic OH excluding ortho intramolecular Hbond substituents is 1. The number of aromatic nitrogens is 1. The number of alkyl halides is 3. The molecule has 3 heterocycles. The Morgan fingerprint density at radius 2 is 1.96 bits per heavy atom. The Balaban J connectivity index is 1.58. The third kappa shape index (κ3) is 3.48. The van der Waals surface area contributed by atoms with Crippen molar-refractivity contribution in [2.45, 2.75) is 31.9 Å². The van der Waals surface area contributed by atoms with Gasteiger partial charge in [-0.05, 0) is 43.4 Å². The Hall–Kier alpha value is -2.48. The Bertz CT molecular complexity index is 944. The second-order valence-corrected chi connectivity index (χ2v) is 7.32. The molecule has 2 aliphatic heterocycles. The van der Waals surface area contributed by atoms with Gasteiger partial charge in [-0.3, -0.25) is 5.43 Å². The number of hydrogen-bond acceptors (Lipinski definition) is 5. The highest BCUT2D eigenvalue weighted by atomic mass is 35.5. The maximum absolute atomic E-state index is 12.7. The molecule has 0 saturated carbocycles. The second-order valence-electron chi connectivity index (χ2n) is 6.92. The number of benzene rings is 1. The highest BCUT2D eigenvalue weighted by Crippen LogP contribution is 2.41. The van der Waals surface area contributed by atoms with Gasteiger partial charge in [0.2, 0.25) is 0 Å². The fraction of sp³-hybridized carbons (Fsp3) is 0.368. The zero-order valence-corrected chi connectivity index (χ0v) is 15.6. The number of rotatable bonds is 3. The largest absolute Gasteiger partial charge is 0.507 e. The third-order valence-corrected chi connectivity index (χ3v) is 5.35. The highest BCUT2D eigenvalue weighted by Gasteiger charge is 2.31. The van der Waals surface area contributed by atoms with Gasteiger partial charge in [0.1, 0.15) is 5.75 Å². The van der Waals surface area contributed by atoms with Crippen molar-refractivity contribution in [1.29, 1.82) is 0 Å². The molecule has 28 heavy (non-hydrogen) atoms. The zero-order valence-electron chi connectivity index (χ0n) is 14.9. The molecule has 0 saturated heterocycles. The zero-order chi connectivity index (χ0) is 19.9. The van der Waals surface area contributed by atoms with E-state index in [1.165, 1.54) is 11.8 Å². The molecule has 0 amide bonds. The number of aryl methyl sites for hydroxylation is 1. The summed E-state index contributed by atoms with van der Waals surface area (Å²) in [4.78, 5) is 6.00. The van der Waals surface area contributed by atoms with Crippen LogP contribution in [0.3, 0.4) is 0 Å². The van der Waals surface area contributed by atoms with Gasteiger partial charge in [-0.25, -0.2) is 4.98 Å². The van der Waals surface area contributed by atoms with Crippen molar-refractivity contribution >= 4 is 29.3 Å². The summed E-state index contributed by atoms with van der Waals surface area (Å²) in [7, 11) is 0. The first-order chi connectivity index (χ1) is 13.3. The van der Waals surface area contributed by atoms with Crippen molar-refractivity contribution in [1.82, 2.24) is 4.98 Å².